The second-order valence-corrected chi connectivity index (χ2v) is 6.18. The highest BCUT2D eigenvalue weighted by Crippen LogP contribution is 2.24. The molecule has 0 aliphatic rings. The Balaban J connectivity index is 2.26. The van der Waals surface area contributed by atoms with Crippen LogP contribution in [0.4, 0.5) is 5.69 Å². The van der Waals surface area contributed by atoms with Crippen molar-refractivity contribution >= 4 is 61.7 Å². The van der Waals surface area contributed by atoms with Crippen LogP contribution in [0.2, 0.25) is 5.15 Å². The number of anilines is 1. The predicted molar refractivity (Wildman–Crippen MR) is 88.8 cm³/mol. The maximum absolute atomic E-state index is 12.2. The largest absolute Gasteiger partial charge is 0.321 e. The van der Waals surface area contributed by atoms with Gasteiger partial charge in [-0.15, -0.1) is 0 Å². The number of aryl methyl sites for hydroxylation is 1. The molecule has 2 rings (SSSR count). The summed E-state index contributed by atoms with van der Waals surface area (Å²) in [6.45, 7) is 1.97. The second kappa shape index (κ2) is 6.19. The Morgan fingerprint density at radius 3 is 2.89 bits per heavy atom. The number of hydrogen-bond acceptors (Lipinski definition) is 2. The minimum atomic E-state index is -0.163. The zero-order valence-electron chi connectivity index (χ0n) is 9.88. The third kappa shape index (κ3) is 3.46. The molecule has 0 saturated carbocycles. The van der Waals surface area contributed by atoms with Gasteiger partial charge in [-0.05, 0) is 63.1 Å². The summed E-state index contributed by atoms with van der Waals surface area (Å²) in [6, 6.07) is 7.35. The van der Waals surface area contributed by atoms with E-state index in [4.69, 9.17) is 11.6 Å². The number of pyridine rings is 1. The first kappa shape index (κ1) is 14.7. The zero-order valence-corrected chi connectivity index (χ0v) is 14.4. The molecule has 1 amide bonds. The van der Waals surface area contributed by atoms with Crippen LogP contribution in [0, 0.1) is 10.5 Å². The molecule has 2 aromatic rings. The van der Waals surface area contributed by atoms with Gasteiger partial charge in [-0.1, -0.05) is 23.7 Å². The molecule has 0 spiro atoms. The van der Waals surface area contributed by atoms with E-state index in [9.17, 15) is 4.79 Å². The van der Waals surface area contributed by atoms with Crippen LogP contribution in [0.25, 0.3) is 0 Å². The van der Waals surface area contributed by atoms with Crippen LogP contribution in [0.5, 0.6) is 0 Å². The molecule has 1 aromatic heterocycles. The Hall–Kier alpha value is -0.660. The van der Waals surface area contributed by atoms with Crippen LogP contribution in [-0.2, 0) is 0 Å². The van der Waals surface area contributed by atoms with Gasteiger partial charge in [0.05, 0.1) is 21.9 Å². The third-order valence-electron chi connectivity index (χ3n) is 2.49. The number of carbonyl (C=O) groups excluding carboxylic acids is 1. The number of benzene rings is 1. The lowest BCUT2D eigenvalue weighted by molar-refractivity contribution is 0.102. The van der Waals surface area contributed by atoms with Crippen LogP contribution in [0.3, 0.4) is 0 Å². The number of halogens is 3. The zero-order chi connectivity index (χ0) is 14.0. The van der Waals surface area contributed by atoms with Crippen molar-refractivity contribution in [2.45, 2.75) is 6.92 Å². The van der Waals surface area contributed by atoms with Crippen LogP contribution in [0.15, 0.2) is 34.9 Å². The summed E-state index contributed by atoms with van der Waals surface area (Å²) in [5.74, 6) is -0.163. The maximum Gasteiger partial charge on any atom is 0.256 e. The molecule has 0 aliphatic carbocycles. The van der Waals surface area contributed by atoms with Crippen molar-refractivity contribution < 1.29 is 4.79 Å². The summed E-state index contributed by atoms with van der Waals surface area (Å²) < 4.78 is 1.59. The number of carbonyl (C=O) groups is 1. The van der Waals surface area contributed by atoms with Gasteiger partial charge in [0.1, 0.15) is 5.15 Å². The molecule has 19 heavy (non-hydrogen) atoms. The lowest BCUT2D eigenvalue weighted by Crippen LogP contribution is -2.14. The van der Waals surface area contributed by atoms with Gasteiger partial charge in [0.25, 0.3) is 5.91 Å². The smallest absolute Gasteiger partial charge is 0.256 e. The highest BCUT2D eigenvalue weighted by Gasteiger charge is 2.12. The average molecular weight is 451 g/mol. The fourth-order valence-corrected chi connectivity index (χ4v) is 2.57. The topological polar surface area (TPSA) is 42.0 Å². The van der Waals surface area contributed by atoms with E-state index >= 15 is 0 Å². The Labute approximate surface area is 138 Å². The van der Waals surface area contributed by atoms with Crippen LogP contribution >= 0.6 is 50.1 Å². The van der Waals surface area contributed by atoms with Crippen LogP contribution in [-0.4, -0.2) is 10.9 Å². The third-order valence-corrected chi connectivity index (χ3v) is 5.06. The number of nitrogens with one attached hydrogen (secondary N) is 1. The van der Waals surface area contributed by atoms with Gasteiger partial charge < -0.3 is 5.32 Å². The lowest BCUT2D eigenvalue weighted by atomic mass is 10.1. The average Bonchev–Trinajstić information content (AvgIpc) is 2.37. The summed E-state index contributed by atoms with van der Waals surface area (Å²) in [7, 11) is 0. The van der Waals surface area contributed by atoms with E-state index < -0.39 is 0 Å². The molecule has 0 atom stereocenters. The van der Waals surface area contributed by atoms with Crippen molar-refractivity contribution in [1.29, 1.82) is 0 Å². The van der Waals surface area contributed by atoms with E-state index in [0.29, 0.717) is 20.9 Å². The highest BCUT2D eigenvalue weighted by atomic mass is 127. The van der Waals surface area contributed by atoms with E-state index in [1.165, 1.54) is 6.20 Å². The van der Waals surface area contributed by atoms with Crippen LogP contribution in [0.1, 0.15) is 15.9 Å². The summed E-state index contributed by atoms with van der Waals surface area (Å²) in [5, 5.41) is 3.16. The molecule has 1 N–H and O–H groups in total. The van der Waals surface area contributed by atoms with Crippen LogP contribution < -0.4 is 5.32 Å². The van der Waals surface area contributed by atoms with Crippen molar-refractivity contribution in [3.8, 4) is 0 Å². The Morgan fingerprint density at radius 2 is 2.21 bits per heavy atom. The van der Waals surface area contributed by atoms with Gasteiger partial charge in [0, 0.05) is 3.57 Å². The van der Waals surface area contributed by atoms with Crippen molar-refractivity contribution in [2.24, 2.45) is 0 Å². The van der Waals surface area contributed by atoms with Gasteiger partial charge in [-0.2, -0.15) is 0 Å². The summed E-state index contributed by atoms with van der Waals surface area (Å²) in [5.41, 5.74) is 2.31. The number of amides is 1. The van der Waals surface area contributed by atoms with E-state index in [0.717, 1.165) is 9.13 Å². The van der Waals surface area contributed by atoms with E-state index in [1.54, 1.807) is 12.1 Å². The molecule has 6 heteroatoms. The van der Waals surface area contributed by atoms with E-state index in [-0.39, 0.29) is 5.91 Å². The molecule has 0 radical (unpaired) electrons. The first-order valence-electron chi connectivity index (χ1n) is 5.36. The van der Waals surface area contributed by atoms with Gasteiger partial charge in [-0.3, -0.25) is 4.79 Å². The first-order valence-corrected chi connectivity index (χ1v) is 7.61. The Morgan fingerprint density at radius 1 is 1.47 bits per heavy atom. The molecule has 0 saturated heterocycles. The number of aromatic nitrogens is 1. The fraction of sp³-hybridized carbons (Fsp3) is 0.0769. The fourth-order valence-electron chi connectivity index (χ4n) is 1.51. The molecule has 3 nitrogen and oxygen atoms in total. The molecular formula is C13H9BrClIN2O. The van der Waals surface area contributed by atoms with Crippen molar-refractivity contribution in [2.75, 3.05) is 5.32 Å². The van der Waals surface area contributed by atoms with E-state index in [2.05, 4.69) is 48.8 Å². The SMILES string of the molecule is Cc1cccc(C(=O)Nc2cnc(Cl)c(Br)c2)c1I. The molecule has 1 heterocycles. The van der Waals surface area contributed by atoms with Crippen molar-refractivity contribution in [3.05, 3.63) is 54.8 Å². The predicted octanol–water partition coefficient (Wildman–Crippen LogP) is 4.66. The number of nitrogens with zero attached hydrogens (tertiary/aromatic N) is 1. The molecule has 0 fully saturated rings. The molecule has 98 valence electrons. The van der Waals surface area contributed by atoms with Crippen molar-refractivity contribution in [1.82, 2.24) is 4.98 Å². The lowest BCUT2D eigenvalue weighted by Gasteiger charge is -2.08. The highest BCUT2D eigenvalue weighted by molar-refractivity contribution is 14.1. The van der Waals surface area contributed by atoms with E-state index in [1.807, 2.05) is 19.1 Å². The van der Waals surface area contributed by atoms with Crippen molar-refractivity contribution in [3.63, 3.8) is 0 Å². The summed E-state index contributed by atoms with van der Waals surface area (Å²) >= 11 is 11.2. The normalized spacial score (nSPS) is 10.3. The molecule has 0 unspecified atom stereocenters. The monoisotopic (exact) mass is 450 g/mol. The summed E-state index contributed by atoms with van der Waals surface area (Å²) in [4.78, 5) is 16.2. The van der Waals surface area contributed by atoms with Gasteiger partial charge in [-0.25, -0.2) is 4.98 Å². The van der Waals surface area contributed by atoms with Gasteiger partial charge in [0.15, 0.2) is 0 Å². The quantitative estimate of drug-likeness (QED) is 0.533. The van der Waals surface area contributed by atoms with Gasteiger partial charge in [0.2, 0.25) is 0 Å². The minimum absolute atomic E-state index is 0.163. The maximum atomic E-state index is 12.2. The molecular weight excluding hydrogens is 442 g/mol. The summed E-state index contributed by atoms with van der Waals surface area (Å²) in [6.07, 6.45) is 1.52. The second-order valence-electron chi connectivity index (χ2n) is 3.89. The Kier molecular flexibility index (Phi) is 4.81. The molecule has 0 bridgehead atoms. The Bertz CT molecular complexity index is 649. The first-order chi connectivity index (χ1) is 8.99. The minimum Gasteiger partial charge on any atom is -0.321 e. The molecule has 0 aliphatic heterocycles. The van der Waals surface area contributed by atoms with Gasteiger partial charge >= 0.3 is 0 Å². The number of hydrogen-bond donors (Lipinski definition) is 1. The number of rotatable bonds is 2. The molecule has 1 aromatic carbocycles. The standard InChI is InChI=1S/C13H9BrClIN2O/c1-7-3-2-4-9(11(7)16)13(19)18-8-5-10(14)12(15)17-6-8/h2-6H,1H3,(H,18,19).